The van der Waals surface area contributed by atoms with Gasteiger partial charge in [0.2, 0.25) is 0 Å². The van der Waals surface area contributed by atoms with Gasteiger partial charge in [0.15, 0.2) is 0 Å². The van der Waals surface area contributed by atoms with Crippen LogP contribution in [0, 0.1) is 0 Å². The molecule has 2 N–H and O–H groups in total. The maximum absolute atomic E-state index is 10.5. The molecule has 0 saturated carbocycles. The molecule has 0 aliphatic carbocycles. The molecule has 0 unspecified atom stereocenters. The van der Waals surface area contributed by atoms with Crippen molar-refractivity contribution in [2.24, 2.45) is 4.99 Å². The first-order valence-corrected chi connectivity index (χ1v) is 6.50. The molecule has 0 radical (unpaired) electrons. The normalized spacial score (nSPS) is 11.1. The summed E-state index contributed by atoms with van der Waals surface area (Å²) in [7, 11) is 1.55. The molecule has 0 saturated heterocycles. The topological polar surface area (TPSA) is 79.1 Å². The van der Waals surface area contributed by atoms with E-state index in [0.717, 1.165) is 11.6 Å². The minimum Gasteiger partial charge on any atom is -0.507 e. The molecular formula is C17H15NO4. The van der Waals surface area contributed by atoms with Gasteiger partial charge in [-0.2, -0.15) is 0 Å². The summed E-state index contributed by atoms with van der Waals surface area (Å²) in [5.74, 6) is -0.279. The number of aliphatic imine (C=N–C) groups is 1. The van der Waals surface area contributed by atoms with Crippen molar-refractivity contribution in [1.29, 1.82) is 0 Å². The van der Waals surface area contributed by atoms with Crippen LogP contribution in [0.5, 0.6) is 11.5 Å². The van der Waals surface area contributed by atoms with Gasteiger partial charge in [0.05, 0.1) is 12.8 Å². The Morgan fingerprint density at radius 3 is 2.77 bits per heavy atom. The summed E-state index contributed by atoms with van der Waals surface area (Å²) < 4.78 is 5.10. The quantitative estimate of drug-likeness (QED) is 0.656. The third-order valence-electron chi connectivity index (χ3n) is 2.88. The van der Waals surface area contributed by atoms with Crippen LogP contribution in [-0.2, 0) is 4.79 Å². The van der Waals surface area contributed by atoms with Gasteiger partial charge in [0.1, 0.15) is 11.5 Å². The lowest BCUT2D eigenvalue weighted by Gasteiger charge is -2.03. The first kappa shape index (κ1) is 15.3. The third kappa shape index (κ3) is 4.21. The fourth-order valence-corrected chi connectivity index (χ4v) is 1.78. The molecule has 0 fully saturated rings. The number of ether oxygens (including phenoxy) is 1. The number of phenols is 1. The predicted molar refractivity (Wildman–Crippen MR) is 85.0 cm³/mol. The van der Waals surface area contributed by atoms with Crippen molar-refractivity contribution < 1.29 is 19.7 Å². The lowest BCUT2D eigenvalue weighted by atomic mass is 10.2. The molecule has 0 aliphatic rings. The van der Waals surface area contributed by atoms with Gasteiger partial charge >= 0.3 is 5.97 Å². The van der Waals surface area contributed by atoms with Gasteiger partial charge < -0.3 is 14.9 Å². The van der Waals surface area contributed by atoms with E-state index in [2.05, 4.69) is 4.99 Å². The first-order valence-electron chi connectivity index (χ1n) is 6.50. The summed E-state index contributed by atoms with van der Waals surface area (Å²) in [5, 5.41) is 18.4. The number of rotatable bonds is 5. The summed E-state index contributed by atoms with van der Waals surface area (Å²) in [6, 6.07) is 11.9. The average Bonchev–Trinajstić information content (AvgIpc) is 2.52. The highest BCUT2D eigenvalue weighted by Crippen LogP contribution is 2.22. The number of carboxylic acids is 1. The summed E-state index contributed by atoms with van der Waals surface area (Å²) in [6.45, 7) is 0. The van der Waals surface area contributed by atoms with Crippen LogP contribution >= 0.6 is 0 Å². The fraction of sp³-hybridized carbons (Fsp3) is 0.0588. The SMILES string of the molecule is COc1ccc(O)c(C=Nc2cccc(C=CC(=O)O)c2)c1. The zero-order chi connectivity index (χ0) is 15.9. The van der Waals surface area contributed by atoms with Crippen LogP contribution in [0.2, 0.25) is 0 Å². The number of hydrogen-bond donors (Lipinski definition) is 2. The second-order valence-corrected chi connectivity index (χ2v) is 4.45. The van der Waals surface area contributed by atoms with Crippen molar-refractivity contribution in [3.05, 3.63) is 59.7 Å². The number of carboxylic acid groups (broad SMARTS) is 1. The van der Waals surface area contributed by atoms with Crippen LogP contribution in [0.3, 0.4) is 0 Å². The second kappa shape index (κ2) is 7.08. The molecule has 0 atom stereocenters. The van der Waals surface area contributed by atoms with Gasteiger partial charge in [-0.25, -0.2) is 4.79 Å². The van der Waals surface area contributed by atoms with E-state index in [0.29, 0.717) is 17.0 Å². The predicted octanol–water partition coefficient (Wildman–Crippen LogP) is 3.25. The average molecular weight is 297 g/mol. The second-order valence-electron chi connectivity index (χ2n) is 4.45. The maximum atomic E-state index is 10.5. The molecule has 0 bridgehead atoms. The van der Waals surface area contributed by atoms with E-state index >= 15 is 0 Å². The van der Waals surface area contributed by atoms with E-state index < -0.39 is 5.97 Å². The van der Waals surface area contributed by atoms with Crippen LogP contribution in [0.15, 0.2) is 53.5 Å². The molecule has 22 heavy (non-hydrogen) atoms. The summed E-state index contributed by atoms with van der Waals surface area (Å²) in [5.41, 5.74) is 1.91. The summed E-state index contributed by atoms with van der Waals surface area (Å²) in [6.07, 6.45) is 4.08. The van der Waals surface area contributed by atoms with Gasteiger partial charge in [-0.15, -0.1) is 0 Å². The number of aliphatic carboxylic acids is 1. The Hall–Kier alpha value is -3.08. The zero-order valence-corrected chi connectivity index (χ0v) is 11.9. The molecule has 0 spiro atoms. The number of benzene rings is 2. The number of phenolic OH excluding ortho intramolecular Hbond substituents is 1. The number of nitrogens with zero attached hydrogens (tertiary/aromatic N) is 1. The lowest BCUT2D eigenvalue weighted by Crippen LogP contribution is -1.87. The smallest absolute Gasteiger partial charge is 0.328 e. The molecule has 0 aliphatic heterocycles. The molecule has 2 aromatic rings. The van der Waals surface area contributed by atoms with Crippen molar-refractivity contribution in [1.82, 2.24) is 0 Å². The number of carbonyl (C=O) groups is 1. The Kier molecular flexibility index (Phi) is 4.93. The minimum atomic E-state index is -1.00. The van der Waals surface area contributed by atoms with Crippen LogP contribution in [0.4, 0.5) is 5.69 Å². The molecule has 2 rings (SSSR count). The largest absolute Gasteiger partial charge is 0.507 e. The Bertz CT molecular complexity index is 735. The molecule has 5 nitrogen and oxygen atoms in total. The summed E-state index contributed by atoms with van der Waals surface area (Å²) >= 11 is 0. The van der Waals surface area contributed by atoms with E-state index in [-0.39, 0.29) is 5.75 Å². The Balaban J connectivity index is 2.23. The Morgan fingerprint density at radius 2 is 2.05 bits per heavy atom. The molecule has 5 heteroatoms. The molecule has 0 heterocycles. The number of methoxy groups -OCH3 is 1. The van der Waals surface area contributed by atoms with E-state index in [9.17, 15) is 9.90 Å². The third-order valence-corrected chi connectivity index (χ3v) is 2.88. The lowest BCUT2D eigenvalue weighted by molar-refractivity contribution is -0.131. The molecule has 2 aromatic carbocycles. The van der Waals surface area contributed by atoms with Crippen molar-refractivity contribution in [2.75, 3.05) is 7.11 Å². The number of aromatic hydroxyl groups is 1. The van der Waals surface area contributed by atoms with Crippen LogP contribution < -0.4 is 4.74 Å². The highest BCUT2D eigenvalue weighted by Gasteiger charge is 2.00. The standard InChI is InChI=1S/C17H15NO4/c1-22-15-6-7-16(19)13(10-15)11-18-14-4-2-3-12(9-14)5-8-17(20)21/h2-11,19H,1H3,(H,20,21). The van der Waals surface area contributed by atoms with E-state index in [1.165, 1.54) is 18.4 Å². The molecule has 0 aromatic heterocycles. The van der Waals surface area contributed by atoms with E-state index in [1.807, 2.05) is 0 Å². The molecule has 0 amide bonds. The fourth-order valence-electron chi connectivity index (χ4n) is 1.78. The van der Waals surface area contributed by atoms with Gasteiger partial charge in [0.25, 0.3) is 0 Å². The highest BCUT2D eigenvalue weighted by atomic mass is 16.5. The Morgan fingerprint density at radius 1 is 1.23 bits per heavy atom. The summed E-state index contributed by atoms with van der Waals surface area (Å²) in [4.78, 5) is 14.8. The van der Waals surface area contributed by atoms with Crippen LogP contribution in [-0.4, -0.2) is 29.5 Å². The Labute approximate surface area is 127 Å². The van der Waals surface area contributed by atoms with E-state index in [1.54, 1.807) is 43.5 Å². The monoisotopic (exact) mass is 297 g/mol. The van der Waals surface area contributed by atoms with Crippen molar-refractivity contribution in [3.63, 3.8) is 0 Å². The van der Waals surface area contributed by atoms with Crippen LogP contribution in [0.25, 0.3) is 6.08 Å². The zero-order valence-electron chi connectivity index (χ0n) is 11.9. The van der Waals surface area contributed by atoms with Crippen molar-refractivity contribution in [2.45, 2.75) is 0 Å². The van der Waals surface area contributed by atoms with Gasteiger partial charge in [-0.05, 0) is 42.0 Å². The van der Waals surface area contributed by atoms with Crippen LogP contribution in [0.1, 0.15) is 11.1 Å². The van der Waals surface area contributed by atoms with Crippen molar-refractivity contribution >= 4 is 23.9 Å². The minimum absolute atomic E-state index is 0.103. The van der Waals surface area contributed by atoms with Gasteiger partial charge in [-0.1, -0.05) is 12.1 Å². The van der Waals surface area contributed by atoms with E-state index in [4.69, 9.17) is 9.84 Å². The first-order chi connectivity index (χ1) is 10.6. The number of hydrogen-bond acceptors (Lipinski definition) is 4. The van der Waals surface area contributed by atoms with Crippen molar-refractivity contribution in [3.8, 4) is 11.5 Å². The maximum Gasteiger partial charge on any atom is 0.328 e. The molecular weight excluding hydrogens is 282 g/mol. The highest BCUT2D eigenvalue weighted by molar-refractivity contribution is 5.87. The van der Waals surface area contributed by atoms with Gasteiger partial charge in [-0.3, -0.25) is 4.99 Å². The molecule has 112 valence electrons. The van der Waals surface area contributed by atoms with Gasteiger partial charge in [0, 0.05) is 17.9 Å².